The Hall–Kier alpha value is -1.10. The minimum absolute atomic E-state index is 0.113. The third-order valence-corrected chi connectivity index (χ3v) is 3.47. The van der Waals surface area contributed by atoms with Crippen molar-refractivity contribution in [1.82, 2.24) is 4.98 Å². The molecule has 0 saturated carbocycles. The largest absolute Gasteiger partial charge is 0.384 e. The van der Waals surface area contributed by atoms with E-state index >= 15 is 0 Å². The Labute approximate surface area is 97.0 Å². The Kier molecular flexibility index (Phi) is 4.29. The zero-order valence-corrected chi connectivity index (χ0v) is 10.7. The topological polar surface area (TPSA) is 59.1 Å². The second-order valence-electron chi connectivity index (χ2n) is 4.05. The van der Waals surface area contributed by atoms with Crippen LogP contribution in [-0.4, -0.2) is 26.2 Å². The quantitative estimate of drug-likeness (QED) is 0.857. The van der Waals surface area contributed by atoms with Crippen molar-refractivity contribution in [3.63, 3.8) is 0 Å². The van der Waals surface area contributed by atoms with Gasteiger partial charge in [0.15, 0.2) is 14.9 Å². The lowest BCUT2D eigenvalue weighted by atomic mass is 10.1. The molecule has 1 N–H and O–H groups in total. The molecular weight excluding hydrogens is 224 g/mol. The molecule has 1 heterocycles. The van der Waals surface area contributed by atoms with E-state index < -0.39 is 9.84 Å². The number of sulfone groups is 1. The van der Waals surface area contributed by atoms with Gasteiger partial charge in [0.05, 0.1) is 11.9 Å². The van der Waals surface area contributed by atoms with Gasteiger partial charge in [0.25, 0.3) is 0 Å². The van der Waals surface area contributed by atoms with Gasteiger partial charge in [0.1, 0.15) is 0 Å². The third-order valence-electron chi connectivity index (χ3n) is 2.47. The number of aromatic nitrogens is 1. The third kappa shape index (κ3) is 3.81. The zero-order valence-electron chi connectivity index (χ0n) is 9.90. The predicted octanol–water partition coefficient (Wildman–Crippen LogP) is 1.94. The average Bonchev–Trinajstić information content (AvgIpc) is 2.25. The number of anilines is 1. The van der Waals surface area contributed by atoms with Crippen LogP contribution in [0.25, 0.3) is 0 Å². The first kappa shape index (κ1) is 13.0. The number of pyridine rings is 1. The molecule has 0 aliphatic heterocycles. The molecule has 0 saturated heterocycles. The molecule has 1 aromatic rings. The Morgan fingerprint density at radius 1 is 1.44 bits per heavy atom. The minimum atomic E-state index is -3.19. The van der Waals surface area contributed by atoms with Gasteiger partial charge in [-0.2, -0.15) is 0 Å². The van der Waals surface area contributed by atoms with Gasteiger partial charge in [0.2, 0.25) is 0 Å². The molecule has 0 amide bonds. The maximum absolute atomic E-state index is 11.2. The molecule has 0 fully saturated rings. The second-order valence-corrected chi connectivity index (χ2v) is 6.01. The molecule has 90 valence electrons. The standard InChI is InChI=1S/C11H18N2O2S/c1-4-9(2)7-12-10-5-6-11(13-8-10)16(3,14)15/h5-6,8-9,12H,4,7H2,1-3H3. The first-order chi connectivity index (χ1) is 7.43. The van der Waals surface area contributed by atoms with Crippen LogP contribution in [0.2, 0.25) is 0 Å². The molecule has 0 radical (unpaired) electrons. The van der Waals surface area contributed by atoms with Gasteiger partial charge in [-0.05, 0) is 18.1 Å². The predicted molar refractivity (Wildman–Crippen MR) is 65.3 cm³/mol. The van der Waals surface area contributed by atoms with Gasteiger partial charge in [-0.1, -0.05) is 20.3 Å². The molecular formula is C11H18N2O2S. The highest BCUT2D eigenvalue weighted by Crippen LogP contribution is 2.11. The van der Waals surface area contributed by atoms with Crippen molar-refractivity contribution >= 4 is 15.5 Å². The molecule has 5 heteroatoms. The van der Waals surface area contributed by atoms with Gasteiger partial charge in [0, 0.05) is 12.8 Å². The normalized spacial score (nSPS) is 13.4. The fourth-order valence-corrected chi connectivity index (χ4v) is 1.70. The number of nitrogens with one attached hydrogen (secondary N) is 1. The Morgan fingerprint density at radius 2 is 2.12 bits per heavy atom. The fraction of sp³-hybridized carbons (Fsp3) is 0.545. The second kappa shape index (κ2) is 5.30. The van der Waals surface area contributed by atoms with Gasteiger partial charge in [-0.3, -0.25) is 0 Å². The van der Waals surface area contributed by atoms with Gasteiger partial charge < -0.3 is 5.32 Å². The zero-order chi connectivity index (χ0) is 12.2. The number of hydrogen-bond acceptors (Lipinski definition) is 4. The maximum Gasteiger partial charge on any atom is 0.192 e. The highest BCUT2D eigenvalue weighted by Gasteiger charge is 2.07. The molecule has 1 aromatic heterocycles. The molecule has 0 spiro atoms. The van der Waals surface area contributed by atoms with E-state index in [0.717, 1.165) is 24.9 Å². The molecule has 1 unspecified atom stereocenters. The molecule has 1 atom stereocenters. The number of hydrogen-bond donors (Lipinski definition) is 1. The summed E-state index contributed by atoms with van der Waals surface area (Å²) in [5.41, 5.74) is 0.854. The lowest BCUT2D eigenvalue weighted by molar-refractivity contribution is 0.592. The Morgan fingerprint density at radius 3 is 2.56 bits per heavy atom. The molecule has 0 aliphatic carbocycles. The molecule has 0 aliphatic rings. The van der Waals surface area contributed by atoms with Crippen LogP contribution < -0.4 is 5.32 Å². The van der Waals surface area contributed by atoms with Crippen molar-refractivity contribution in [2.24, 2.45) is 5.92 Å². The van der Waals surface area contributed by atoms with E-state index in [-0.39, 0.29) is 5.03 Å². The van der Waals surface area contributed by atoms with Crippen molar-refractivity contribution in [2.45, 2.75) is 25.3 Å². The molecule has 1 rings (SSSR count). The van der Waals surface area contributed by atoms with Crippen LogP contribution in [0.1, 0.15) is 20.3 Å². The molecule has 16 heavy (non-hydrogen) atoms. The van der Waals surface area contributed by atoms with Crippen LogP contribution >= 0.6 is 0 Å². The summed E-state index contributed by atoms with van der Waals surface area (Å²) in [5, 5.41) is 3.33. The van der Waals surface area contributed by atoms with Crippen molar-refractivity contribution < 1.29 is 8.42 Å². The van der Waals surface area contributed by atoms with E-state index in [0.29, 0.717) is 5.92 Å². The lowest BCUT2D eigenvalue weighted by Gasteiger charge is -2.11. The van der Waals surface area contributed by atoms with E-state index in [1.807, 2.05) is 0 Å². The maximum atomic E-state index is 11.2. The first-order valence-corrected chi connectivity index (χ1v) is 7.22. The van der Waals surface area contributed by atoms with E-state index in [9.17, 15) is 8.42 Å². The van der Waals surface area contributed by atoms with Crippen LogP contribution in [0.15, 0.2) is 23.4 Å². The van der Waals surface area contributed by atoms with E-state index in [4.69, 9.17) is 0 Å². The molecule has 0 bridgehead atoms. The van der Waals surface area contributed by atoms with Gasteiger partial charge >= 0.3 is 0 Å². The van der Waals surface area contributed by atoms with Crippen LogP contribution in [-0.2, 0) is 9.84 Å². The van der Waals surface area contributed by atoms with Crippen molar-refractivity contribution in [1.29, 1.82) is 0 Å². The summed E-state index contributed by atoms with van der Waals surface area (Å²) in [6.07, 6.45) is 3.82. The summed E-state index contributed by atoms with van der Waals surface area (Å²) >= 11 is 0. The monoisotopic (exact) mass is 242 g/mol. The van der Waals surface area contributed by atoms with Gasteiger partial charge in [-0.15, -0.1) is 0 Å². The molecule has 4 nitrogen and oxygen atoms in total. The van der Waals surface area contributed by atoms with Crippen molar-refractivity contribution in [2.75, 3.05) is 18.1 Å². The summed E-state index contributed by atoms with van der Waals surface area (Å²) in [4.78, 5) is 3.90. The SMILES string of the molecule is CCC(C)CNc1ccc(S(C)(=O)=O)nc1. The minimum Gasteiger partial charge on any atom is -0.384 e. The lowest BCUT2D eigenvalue weighted by Crippen LogP contribution is -2.10. The Balaban J connectivity index is 2.66. The summed E-state index contributed by atoms with van der Waals surface area (Å²) in [7, 11) is -3.19. The van der Waals surface area contributed by atoms with Crippen LogP contribution in [0.3, 0.4) is 0 Å². The average molecular weight is 242 g/mol. The highest BCUT2D eigenvalue weighted by molar-refractivity contribution is 7.90. The summed E-state index contributed by atoms with van der Waals surface area (Å²) in [6.45, 7) is 5.17. The van der Waals surface area contributed by atoms with Crippen molar-refractivity contribution in [3.8, 4) is 0 Å². The van der Waals surface area contributed by atoms with E-state index in [2.05, 4.69) is 24.1 Å². The van der Waals surface area contributed by atoms with Crippen LogP contribution in [0, 0.1) is 5.92 Å². The highest BCUT2D eigenvalue weighted by atomic mass is 32.2. The first-order valence-electron chi connectivity index (χ1n) is 5.33. The smallest absolute Gasteiger partial charge is 0.192 e. The summed E-state index contributed by atoms with van der Waals surface area (Å²) in [6, 6.07) is 3.26. The van der Waals surface area contributed by atoms with Crippen LogP contribution in [0.4, 0.5) is 5.69 Å². The summed E-state index contributed by atoms with van der Waals surface area (Å²) < 4.78 is 22.3. The van der Waals surface area contributed by atoms with Gasteiger partial charge in [-0.25, -0.2) is 13.4 Å². The molecule has 0 aromatic carbocycles. The summed E-state index contributed by atoms with van der Waals surface area (Å²) in [5.74, 6) is 0.592. The Bertz CT molecular complexity index is 426. The fourth-order valence-electron chi connectivity index (χ4n) is 1.14. The van der Waals surface area contributed by atoms with E-state index in [1.54, 1.807) is 12.3 Å². The van der Waals surface area contributed by atoms with Crippen molar-refractivity contribution in [3.05, 3.63) is 18.3 Å². The van der Waals surface area contributed by atoms with E-state index in [1.165, 1.54) is 6.07 Å². The number of nitrogens with zero attached hydrogens (tertiary/aromatic N) is 1. The number of rotatable bonds is 5. The van der Waals surface area contributed by atoms with Crippen LogP contribution in [0.5, 0.6) is 0 Å².